The van der Waals surface area contributed by atoms with Crippen molar-refractivity contribution in [3.8, 4) is 16.5 Å². The van der Waals surface area contributed by atoms with Crippen molar-refractivity contribution >= 4 is 34.7 Å². The zero-order chi connectivity index (χ0) is 20.4. The molecule has 1 amide bonds. The molecule has 1 aromatic carbocycles. The van der Waals surface area contributed by atoms with E-state index >= 15 is 0 Å². The molecular formula is C20H19N5O2S2. The molecule has 0 fully saturated rings. The summed E-state index contributed by atoms with van der Waals surface area (Å²) in [6.45, 7) is 5.86. The van der Waals surface area contributed by atoms with Crippen LogP contribution in [0.5, 0.6) is 0 Å². The minimum atomic E-state index is -0.152. The number of benzene rings is 1. The van der Waals surface area contributed by atoms with Crippen molar-refractivity contribution in [3.63, 3.8) is 0 Å². The number of aryl methyl sites for hydroxylation is 2. The number of hydrogen-bond donors (Lipinski definition) is 1. The van der Waals surface area contributed by atoms with Gasteiger partial charge in [0.15, 0.2) is 0 Å². The Labute approximate surface area is 176 Å². The van der Waals surface area contributed by atoms with Crippen molar-refractivity contribution in [3.05, 3.63) is 58.7 Å². The summed E-state index contributed by atoms with van der Waals surface area (Å²) in [6.07, 6.45) is 0. The number of aromatic nitrogens is 4. The maximum atomic E-state index is 12.5. The van der Waals surface area contributed by atoms with Gasteiger partial charge in [-0.05, 0) is 44.4 Å². The molecular weight excluding hydrogens is 406 g/mol. The van der Waals surface area contributed by atoms with Gasteiger partial charge in [-0.3, -0.25) is 4.79 Å². The van der Waals surface area contributed by atoms with Gasteiger partial charge in [0, 0.05) is 0 Å². The highest BCUT2D eigenvalue weighted by molar-refractivity contribution is 7.99. The maximum Gasteiger partial charge on any atom is 0.277 e. The molecule has 0 saturated carbocycles. The lowest BCUT2D eigenvalue weighted by Crippen LogP contribution is -2.15. The van der Waals surface area contributed by atoms with Crippen molar-refractivity contribution in [1.82, 2.24) is 20.0 Å². The Kier molecular flexibility index (Phi) is 5.50. The molecule has 4 aromatic rings. The Hall–Kier alpha value is -2.91. The first-order valence-corrected chi connectivity index (χ1v) is 10.8. The molecule has 148 valence electrons. The van der Waals surface area contributed by atoms with E-state index in [4.69, 9.17) is 4.42 Å². The van der Waals surface area contributed by atoms with E-state index < -0.39 is 0 Å². The summed E-state index contributed by atoms with van der Waals surface area (Å²) in [7, 11) is 0. The van der Waals surface area contributed by atoms with Crippen LogP contribution in [0.2, 0.25) is 0 Å². The number of carbonyl (C=O) groups is 1. The fourth-order valence-electron chi connectivity index (χ4n) is 2.83. The van der Waals surface area contributed by atoms with Crippen LogP contribution >= 0.6 is 23.1 Å². The summed E-state index contributed by atoms with van der Waals surface area (Å²) in [5, 5.41) is 17.8. The van der Waals surface area contributed by atoms with E-state index in [0.29, 0.717) is 11.1 Å². The van der Waals surface area contributed by atoms with Crippen LogP contribution in [0.25, 0.3) is 16.5 Å². The minimum Gasteiger partial charge on any atom is -0.410 e. The number of anilines is 1. The fourth-order valence-corrected chi connectivity index (χ4v) is 4.04. The minimum absolute atomic E-state index is 0.152. The lowest BCUT2D eigenvalue weighted by molar-refractivity contribution is -0.113. The number of amides is 1. The Morgan fingerprint density at radius 1 is 1.17 bits per heavy atom. The predicted octanol–water partition coefficient (Wildman–Crippen LogP) is 4.64. The summed E-state index contributed by atoms with van der Waals surface area (Å²) in [4.78, 5) is 13.4. The maximum absolute atomic E-state index is 12.5. The predicted molar refractivity (Wildman–Crippen MR) is 115 cm³/mol. The van der Waals surface area contributed by atoms with Crippen LogP contribution < -0.4 is 5.32 Å². The van der Waals surface area contributed by atoms with E-state index in [9.17, 15) is 4.79 Å². The Morgan fingerprint density at radius 2 is 1.97 bits per heavy atom. The molecule has 1 N–H and O–H groups in total. The van der Waals surface area contributed by atoms with Crippen LogP contribution in [-0.2, 0) is 4.79 Å². The number of hydrogen-bond acceptors (Lipinski definition) is 7. The highest BCUT2D eigenvalue weighted by atomic mass is 32.2. The second-order valence-corrected chi connectivity index (χ2v) is 8.35. The zero-order valence-electron chi connectivity index (χ0n) is 16.2. The van der Waals surface area contributed by atoms with Crippen LogP contribution in [0.3, 0.4) is 0 Å². The lowest BCUT2D eigenvalue weighted by atomic mass is 10.2. The van der Waals surface area contributed by atoms with Gasteiger partial charge in [-0.25, -0.2) is 4.68 Å². The van der Waals surface area contributed by atoms with Gasteiger partial charge in [-0.2, -0.15) is 5.10 Å². The summed E-state index contributed by atoms with van der Waals surface area (Å²) >= 11 is 2.73. The molecule has 0 aliphatic carbocycles. The summed E-state index contributed by atoms with van der Waals surface area (Å²) in [5.74, 6) is 0.482. The molecule has 9 heteroatoms. The molecule has 3 heterocycles. The van der Waals surface area contributed by atoms with Crippen molar-refractivity contribution in [1.29, 1.82) is 0 Å². The first kappa shape index (κ1) is 19.4. The number of nitrogens with zero attached hydrogens (tertiary/aromatic N) is 4. The molecule has 29 heavy (non-hydrogen) atoms. The largest absolute Gasteiger partial charge is 0.410 e. The Bertz CT molecular complexity index is 1130. The van der Waals surface area contributed by atoms with Crippen molar-refractivity contribution < 1.29 is 9.21 Å². The zero-order valence-corrected chi connectivity index (χ0v) is 17.8. The molecule has 0 radical (unpaired) electrons. The molecule has 0 aliphatic rings. The third-order valence-electron chi connectivity index (χ3n) is 4.30. The van der Waals surface area contributed by atoms with Gasteiger partial charge in [0.1, 0.15) is 0 Å². The van der Waals surface area contributed by atoms with Gasteiger partial charge in [-0.1, -0.05) is 35.5 Å². The molecule has 4 rings (SSSR count). The molecule has 0 spiro atoms. The molecule has 0 atom stereocenters. The lowest BCUT2D eigenvalue weighted by Gasteiger charge is -2.07. The number of carbonyl (C=O) groups excluding carboxylic acids is 1. The van der Waals surface area contributed by atoms with E-state index in [2.05, 4.69) is 20.6 Å². The average Bonchev–Trinajstić information content (AvgIpc) is 3.44. The van der Waals surface area contributed by atoms with Crippen molar-refractivity contribution in [2.24, 2.45) is 0 Å². The van der Waals surface area contributed by atoms with E-state index in [-0.39, 0.29) is 11.7 Å². The highest BCUT2D eigenvalue weighted by Gasteiger charge is 2.17. The third kappa shape index (κ3) is 4.25. The molecule has 0 aliphatic heterocycles. The highest BCUT2D eigenvalue weighted by Crippen LogP contribution is 2.27. The van der Waals surface area contributed by atoms with E-state index in [1.54, 1.807) is 0 Å². The van der Waals surface area contributed by atoms with E-state index in [0.717, 1.165) is 27.6 Å². The van der Waals surface area contributed by atoms with Gasteiger partial charge < -0.3 is 9.73 Å². The second-order valence-electron chi connectivity index (χ2n) is 6.48. The molecule has 0 saturated heterocycles. The van der Waals surface area contributed by atoms with Crippen LogP contribution in [0.1, 0.15) is 17.0 Å². The molecule has 0 bridgehead atoms. The standard InChI is InChI=1S/C20H19N5O2S2/c1-12-6-8-15(9-7-12)25-14(3)18(13(2)24-25)21-17(26)11-29-20-23-22-19(27-20)16-5-4-10-28-16/h4-10H,11H2,1-3H3,(H,21,26). The molecule has 0 unspecified atom stereocenters. The molecule has 7 nitrogen and oxygen atoms in total. The van der Waals surface area contributed by atoms with Crippen LogP contribution in [0.15, 0.2) is 51.4 Å². The summed E-state index contributed by atoms with van der Waals surface area (Å²) in [5.41, 5.74) is 4.50. The Morgan fingerprint density at radius 3 is 2.69 bits per heavy atom. The van der Waals surface area contributed by atoms with Crippen molar-refractivity contribution in [2.75, 3.05) is 11.1 Å². The topological polar surface area (TPSA) is 85.8 Å². The first-order valence-electron chi connectivity index (χ1n) is 8.94. The second kappa shape index (κ2) is 8.22. The molecule has 3 aromatic heterocycles. The van der Waals surface area contributed by atoms with Gasteiger partial charge in [0.2, 0.25) is 5.91 Å². The number of thiophene rings is 1. The van der Waals surface area contributed by atoms with E-state index in [1.165, 1.54) is 28.7 Å². The first-order chi connectivity index (χ1) is 14.0. The van der Waals surface area contributed by atoms with Gasteiger partial charge in [-0.15, -0.1) is 21.5 Å². The summed E-state index contributed by atoms with van der Waals surface area (Å²) in [6, 6.07) is 11.9. The quantitative estimate of drug-likeness (QED) is 0.453. The normalized spacial score (nSPS) is 11.0. The smallest absolute Gasteiger partial charge is 0.277 e. The van der Waals surface area contributed by atoms with Gasteiger partial charge in [0.05, 0.1) is 33.4 Å². The van der Waals surface area contributed by atoms with Gasteiger partial charge in [0.25, 0.3) is 11.1 Å². The van der Waals surface area contributed by atoms with Crippen LogP contribution in [0.4, 0.5) is 5.69 Å². The Balaban J connectivity index is 1.41. The van der Waals surface area contributed by atoms with Crippen LogP contribution in [0, 0.1) is 20.8 Å². The van der Waals surface area contributed by atoms with E-state index in [1.807, 2.05) is 67.2 Å². The third-order valence-corrected chi connectivity index (χ3v) is 5.98. The van der Waals surface area contributed by atoms with Gasteiger partial charge >= 0.3 is 0 Å². The van der Waals surface area contributed by atoms with Crippen molar-refractivity contribution in [2.45, 2.75) is 26.0 Å². The average molecular weight is 426 g/mol. The fraction of sp³-hybridized carbons (Fsp3) is 0.200. The summed E-state index contributed by atoms with van der Waals surface area (Å²) < 4.78 is 7.44. The number of nitrogens with one attached hydrogen (secondary N) is 1. The monoisotopic (exact) mass is 425 g/mol. The number of rotatable bonds is 6. The SMILES string of the molecule is Cc1ccc(-n2nc(C)c(NC(=O)CSc3nnc(-c4cccs4)o3)c2C)cc1. The number of thioether (sulfide) groups is 1. The van der Waals surface area contributed by atoms with Crippen LogP contribution in [-0.4, -0.2) is 31.6 Å².